The van der Waals surface area contributed by atoms with Crippen molar-refractivity contribution in [2.24, 2.45) is 0 Å². The van der Waals surface area contributed by atoms with E-state index in [4.69, 9.17) is 17.3 Å². The van der Waals surface area contributed by atoms with Crippen molar-refractivity contribution >= 4 is 34.0 Å². The standard InChI is InChI=1S/C18H17ClN4O/c1-2-8-22-18(24)16-15(20)12-6-3-5-11(14(12)10-23-16)13-7-4-9-21-17(13)19/h3-7,9-10H,2,8,20H2,1H3,(H,22,24). The number of hydrogen-bond donors (Lipinski definition) is 2. The summed E-state index contributed by atoms with van der Waals surface area (Å²) in [4.78, 5) is 20.6. The SMILES string of the molecule is CCCNC(=O)c1ncc2c(-c3cccnc3Cl)cccc2c1N. The second kappa shape index (κ2) is 6.84. The summed E-state index contributed by atoms with van der Waals surface area (Å²) in [5.74, 6) is -0.263. The lowest BCUT2D eigenvalue weighted by Gasteiger charge is -2.12. The van der Waals surface area contributed by atoms with Gasteiger partial charge in [0.2, 0.25) is 0 Å². The van der Waals surface area contributed by atoms with Gasteiger partial charge in [0, 0.05) is 35.3 Å². The van der Waals surface area contributed by atoms with E-state index in [2.05, 4.69) is 15.3 Å². The number of carbonyl (C=O) groups excluding carboxylic acids is 1. The highest BCUT2D eigenvalue weighted by Crippen LogP contribution is 2.34. The number of aromatic nitrogens is 2. The summed E-state index contributed by atoms with van der Waals surface area (Å²) in [6.07, 6.45) is 4.15. The van der Waals surface area contributed by atoms with Gasteiger partial charge in [0.25, 0.3) is 5.91 Å². The fourth-order valence-corrected chi connectivity index (χ4v) is 2.81. The van der Waals surface area contributed by atoms with Crippen LogP contribution in [0.25, 0.3) is 21.9 Å². The first-order valence-electron chi connectivity index (χ1n) is 7.69. The van der Waals surface area contributed by atoms with Crippen LogP contribution in [-0.4, -0.2) is 22.4 Å². The van der Waals surface area contributed by atoms with E-state index in [9.17, 15) is 4.79 Å². The maximum Gasteiger partial charge on any atom is 0.272 e. The Labute approximate surface area is 144 Å². The number of anilines is 1. The fourth-order valence-electron chi connectivity index (χ4n) is 2.59. The number of pyridine rings is 2. The van der Waals surface area contributed by atoms with Gasteiger partial charge in [-0.1, -0.05) is 36.7 Å². The van der Waals surface area contributed by atoms with Gasteiger partial charge < -0.3 is 11.1 Å². The normalized spacial score (nSPS) is 10.8. The van der Waals surface area contributed by atoms with Crippen molar-refractivity contribution in [1.29, 1.82) is 0 Å². The molecule has 0 aliphatic rings. The molecule has 24 heavy (non-hydrogen) atoms. The quantitative estimate of drug-likeness (QED) is 0.710. The van der Waals surface area contributed by atoms with Crippen LogP contribution in [0.1, 0.15) is 23.8 Å². The molecule has 0 unspecified atom stereocenters. The highest BCUT2D eigenvalue weighted by Gasteiger charge is 2.16. The van der Waals surface area contributed by atoms with Gasteiger partial charge in [0.05, 0.1) is 5.69 Å². The van der Waals surface area contributed by atoms with Gasteiger partial charge in [-0.15, -0.1) is 0 Å². The monoisotopic (exact) mass is 340 g/mol. The van der Waals surface area contributed by atoms with Gasteiger partial charge in [0.1, 0.15) is 5.15 Å². The Morgan fingerprint density at radius 1 is 1.17 bits per heavy atom. The van der Waals surface area contributed by atoms with Gasteiger partial charge in [-0.2, -0.15) is 0 Å². The van der Waals surface area contributed by atoms with Gasteiger partial charge in [-0.05, 0) is 24.1 Å². The Hall–Kier alpha value is -2.66. The molecule has 0 spiro atoms. The zero-order valence-electron chi connectivity index (χ0n) is 13.2. The van der Waals surface area contributed by atoms with Crippen molar-refractivity contribution in [3.8, 4) is 11.1 Å². The van der Waals surface area contributed by atoms with Crippen molar-refractivity contribution in [2.75, 3.05) is 12.3 Å². The van der Waals surface area contributed by atoms with E-state index < -0.39 is 0 Å². The average Bonchev–Trinajstić information content (AvgIpc) is 2.60. The number of nitrogens with one attached hydrogen (secondary N) is 1. The molecule has 0 radical (unpaired) electrons. The molecule has 2 heterocycles. The van der Waals surface area contributed by atoms with Crippen LogP contribution in [0.5, 0.6) is 0 Å². The van der Waals surface area contributed by atoms with E-state index in [-0.39, 0.29) is 11.6 Å². The zero-order chi connectivity index (χ0) is 17.1. The number of nitrogens with zero attached hydrogens (tertiary/aromatic N) is 2. The van der Waals surface area contributed by atoms with Crippen LogP contribution < -0.4 is 11.1 Å². The van der Waals surface area contributed by atoms with E-state index in [0.29, 0.717) is 17.4 Å². The molecule has 3 aromatic rings. The fraction of sp³-hybridized carbons (Fsp3) is 0.167. The lowest BCUT2D eigenvalue weighted by Crippen LogP contribution is -2.26. The van der Waals surface area contributed by atoms with Crippen molar-refractivity contribution in [3.63, 3.8) is 0 Å². The van der Waals surface area contributed by atoms with Gasteiger partial charge in [-0.25, -0.2) is 9.97 Å². The van der Waals surface area contributed by atoms with Crippen LogP contribution in [0.15, 0.2) is 42.7 Å². The number of halogens is 1. The van der Waals surface area contributed by atoms with E-state index in [1.54, 1.807) is 12.4 Å². The second-order valence-corrected chi connectivity index (χ2v) is 5.74. The van der Waals surface area contributed by atoms with Crippen molar-refractivity contribution in [1.82, 2.24) is 15.3 Å². The number of rotatable bonds is 4. The van der Waals surface area contributed by atoms with E-state index in [0.717, 1.165) is 28.3 Å². The molecule has 3 N–H and O–H groups in total. The van der Waals surface area contributed by atoms with Gasteiger partial charge >= 0.3 is 0 Å². The Kier molecular flexibility index (Phi) is 4.62. The first-order valence-corrected chi connectivity index (χ1v) is 8.07. The third-order valence-corrected chi connectivity index (χ3v) is 4.08. The smallest absolute Gasteiger partial charge is 0.272 e. The van der Waals surface area contributed by atoms with E-state index in [1.165, 1.54) is 0 Å². The van der Waals surface area contributed by atoms with Crippen molar-refractivity contribution in [2.45, 2.75) is 13.3 Å². The summed E-state index contributed by atoms with van der Waals surface area (Å²) in [5.41, 5.74) is 8.49. The summed E-state index contributed by atoms with van der Waals surface area (Å²) < 4.78 is 0. The Bertz CT molecular complexity index is 911. The number of fused-ring (bicyclic) bond motifs is 1. The van der Waals surface area contributed by atoms with Crippen molar-refractivity contribution < 1.29 is 4.79 Å². The van der Waals surface area contributed by atoms with Crippen LogP contribution in [-0.2, 0) is 0 Å². The van der Waals surface area contributed by atoms with Crippen molar-refractivity contribution in [3.05, 3.63) is 53.6 Å². The zero-order valence-corrected chi connectivity index (χ0v) is 14.0. The molecule has 0 fully saturated rings. The molecule has 0 atom stereocenters. The molecule has 6 heteroatoms. The topological polar surface area (TPSA) is 80.9 Å². The minimum absolute atomic E-state index is 0.241. The highest BCUT2D eigenvalue weighted by atomic mass is 35.5. The van der Waals surface area contributed by atoms with Crippen LogP contribution in [0, 0.1) is 0 Å². The number of benzene rings is 1. The summed E-state index contributed by atoms with van der Waals surface area (Å²) in [6, 6.07) is 9.40. The summed E-state index contributed by atoms with van der Waals surface area (Å²) in [7, 11) is 0. The molecule has 0 saturated heterocycles. The third kappa shape index (κ3) is 2.90. The molecule has 3 rings (SSSR count). The molecule has 1 amide bonds. The van der Waals surface area contributed by atoms with Gasteiger partial charge in [-0.3, -0.25) is 4.79 Å². The number of nitrogens with two attached hydrogens (primary N) is 1. The van der Waals surface area contributed by atoms with Gasteiger partial charge in [0.15, 0.2) is 5.69 Å². The molecule has 2 aromatic heterocycles. The third-order valence-electron chi connectivity index (χ3n) is 3.77. The Morgan fingerprint density at radius 3 is 2.71 bits per heavy atom. The second-order valence-electron chi connectivity index (χ2n) is 5.38. The summed E-state index contributed by atoms with van der Waals surface area (Å²) in [5, 5.41) is 4.81. The largest absolute Gasteiger partial charge is 0.396 e. The van der Waals surface area contributed by atoms with Crippen LogP contribution in [0.2, 0.25) is 5.15 Å². The van der Waals surface area contributed by atoms with E-state index >= 15 is 0 Å². The predicted molar refractivity (Wildman–Crippen MR) is 97.0 cm³/mol. The Balaban J connectivity index is 2.15. The molecular weight excluding hydrogens is 324 g/mol. The Morgan fingerprint density at radius 2 is 1.96 bits per heavy atom. The number of amides is 1. The van der Waals surface area contributed by atoms with Crippen LogP contribution >= 0.6 is 11.6 Å². The first-order chi connectivity index (χ1) is 11.6. The predicted octanol–water partition coefficient (Wildman–Crippen LogP) is 3.67. The molecule has 0 saturated carbocycles. The maximum absolute atomic E-state index is 12.2. The highest BCUT2D eigenvalue weighted by molar-refractivity contribution is 6.32. The maximum atomic E-state index is 12.2. The molecule has 5 nitrogen and oxygen atoms in total. The lowest BCUT2D eigenvalue weighted by atomic mass is 9.99. The number of hydrogen-bond acceptors (Lipinski definition) is 4. The average molecular weight is 341 g/mol. The summed E-state index contributed by atoms with van der Waals surface area (Å²) >= 11 is 6.21. The number of carbonyl (C=O) groups is 1. The molecule has 1 aromatic carbocycles. The lowest BCUT2D eigenvalue weighted by molar-refractivity contribution is 0.0950. The minimum Gasteiger partial charge on any atom is -0.396 e. The minimum atomic E-state index is -0.263. The molecule has 0 bridgehead atoms. The molecule has 0 aliphatic carbocycles. The molecule has 0 aliphatic heterocycles. The summed E-state index contributed by atoms with van der Waals surface area (Å²) in [6.45, 7) is 2.57. The van der Waals surface area contributed by atoms with Crippen LogP contribution in [0.4, 0.5) is 5.69 Å². The molecular formula is C18H17ClN4O. The van der Waals surface area contributed by atoms with E-state index in [1.807, 2.05) is 37.3 Å². The molecule has 122 valence electrons. The van der Waals surface area contributed by atoms with Crippen LogP contribution in [0.3, 0.4) is 0 Å². The number of nitrogen functional groups attached to an aromatic ring is 1. The first kappa shape index (κ1) is 16.2.